The predicted molar refractivity (Wildman–Crippen MR) is 133 cm³/mol. The molecule has 1 N–H and O–H groups in total. The number of amides is 1. The predicted octanol–water partition coefficient (Wildman–Crippen LogP) is 6.12. The highest BCUT2D eigenvalue weighted by Crippen LogP contribution is 2.25. The fraction of sp³-hybridized carbons (Fsp3) is 0.0385. The van der Waals surface area contributed by atoms with Crippen molar-refractivity contribution in [3.05, 3.63) is 106 Å². The van der Waals surface area contributed by atoms with Crippen LogP contribution < -0.4 is 5.43 Å². The lowest BCUT2D eigenvalue weighted by Gasteiger charge is -2.01. The van der Waals surface area contributed by atoms with E-state index < -0.39 is 5.91 Å². The van der Waals surface area contributed by atoms with Crippen molar-refractivity contribution in [3.63, 3.8) is 0 Å². The van der Waals surface area contributed by atoms with Crippen molar-refractivity contribution < 1.29 is 9.21 Å². The summed E-state index contributed by atoms with van der Waals surface area (Å²) in [5, 5.41) is 9.79. The van der Waals surface area contributed by atoms with Gasteiger partial charge >= 0.3 is 5.91 Å². The van der Waals surface area contributed by atoms with Gasteiger partial charge in [-0.05, 0) is 49.4 Å². The molecule has 2 heterocycles. The van der Waals surface area contributed by atoms with Crippen LogP contribution in [0.2, 0.25) is 0 Å². The maximum Gasteiger partial charge on any atom is 0.307 e. The third-order valence-corrected chi connectivity index (χ3v) is 5.62. The van der Waals surface area contributed by atoms with Gasteiger partial charge in [-0.15, -0.1) is 0 Å². The number of furan rings is 1. The van der Waals surface area contributed by atoms with Crippen molar-refractivity contribution in [2.45, 2.75) is 6.92 Å². The van der Waals surface area contributed by atoms with Gasteiger partial charge in [-0.2, -0.15) is 10.2 Å². The summed E-state index contributed by atoms with van der Waals surface area (Å²) in [6, 6.07) is 25.2. The molecule has 0 saturated heterocycles. The van der Waals surface area contributed by atoms with Gasteiger partial charge in [0.15, 0.2) is 5.76 Å². The quantitative estimate of drug-likeness (QED) is 0.234. The van der Waals surface area contributed by atoms with Crippen LogP contribution in [0.3, 0.4) is 0 Å². The van der Waals surface area contributed by atoms with Crippen molar-refractivity contribution in [1.29, 1.82) is 0 Å². The Bertz CT molecular complexity index is 1490. The molecule has 0 unspecified atom stereocenters. The first kappa shape index (κ1) is 20.9. The molecule has 0 aliphatic rings. The minimum absolute atomic E-state index is 0.194. The smallest absolute Gasteiger partial charge is 0.307 e. The molecule has 0 aliphatic carbocycles. The van der Waals surface area contributed by atoms with Gasteiger partial charge in [0.2, 0.25) is 0 Å². The molecule has 0 radical (unpaired) electrons. The van der Waals surface area contributed by atoms with Crippen LogP contribution in [0, 0.1) is 6.92 Å². The van der Waals surface area contributed by atoms with Gasteiger partial charge in [0, 0.05) is 27.2 Å². The van der Waals surface area contributed by atoms with Gasteiger partial charge in [0.25, 0.3) is 0 Å². The lowest BCUT2D eigenvalue weighted by Crippen LogP contribution is -2.16. The molecule has 5 aromatic rings. The number of hydrogen-bond acceptors (Lipinski definition) is 4. The molecule has 0 spiro atoms. The van der Waals surface area contributed by atoms with Crippen LogP contribution in [0.15, 0.2) is 99.1 Å². The van der Waals surface area contributed by atoms with Gasteiger partial charge in [0.1, 0.15) is 11.3 Å². The first-order valence-electron chi connectivity index (χ1n) is 10.3. The van der Waals surface area contributed by atoms with Crippen molar-refractivity contribution >= 4 is 39.0 Å². The Hall–Kier alpha value is -3.97. The van der Waals surface area contributed by atoms with Gasteiger partial charge in [-0.25, -0.2) is 10.1 Å². The first-order chi connectivity index (χ1) is 16.1. The molecule has 6 nitrogen and oxygen atoms in total. The third kappa shape index (κ3) is 4.49. The largest absolute Gasteiger partial charge is 0.451 e. The molecule has 0 aliphatic heterocycles. The summed E-state index contributed by atoms with van der Waals surface area (Å²) < 4.78 is 8.35. The number of carbonyl (C=O) groups excluding carboxylic acids is 1. The Labute approximate surface area is 198 Å². The number of rotatable bonds is 5. The topological polar surface area (TPSA) is 72.4 Å². The molecule has 3 aromatic carbocycles. The van der Waals surface area contributed by atoms with Crippen molar-refractivity contribution in [2.24, 2.45) is 5.10 Å². The zero-order valence-electron chi connectivity index (χ0n) is 17.7. The second-order valence-electron chi connectivity index (χ2n) is 7.57. The number of carbonyl (C=O) groups is 1. The van der Waals surface area contributed by atoms with Crippen molar-refractivity contribution in [2.75, 3.05) is 0 Å². The first-order valence-corrected chi connectivity index (χ1v) is 11.1. The highest BCUT2D eigenvalue weighted by molar-refractivity contribution is 9.10. The zero-order valence-corrected chi connectivity index (χ0v) is 19.3. The Morgan fingerprint density at radius 3 is 2.73 bits per heavy atom. The van der Waals surface area contributed by atoms with Crippen molar-refractivity contribution in [3.8, 4) is 16.9 Å². The standard InChI is InChI=1S/C26H19BrN4O2/c1-17-6-5-7-18(12-17)25-20(16-31(30-25)22-8-3-2-4-9-22)15-28-29-26(32)24-14-19-13-21(27)10-11-23(19)33-24/h2-16H,1H3,(H,29,32)/b28-15+. The summed E-state index contributed by atoms with van der Waals surface area (Å²) in [5.41, 5.74) is 7.78. The molecule has 162 valence electrons. The number of nitrogens with one attached hydrogen (secondary N) is 1. The van der Waals surface area contributed by atoms with E-state index in [0.29, 0.717) is 5.58 Å². The van der Waals surface area contributed by atoms with Crippen LogP contribution in [0.25, 0.3) is 27.9 Å². The van der Waals surface area contributed by atoms with Crippen LogP contribution in [-0.2, 0) is 0 Å². The minimum Gasteiger partial charge on any atom is -0.451 e. The normalized spacial score (nSPS) is 11.3. The van der Waals surface area contributed by atoms with Crippen LogP contribution in [0.4, 0.5) is 0 Å². The molecule has 0 atom stereocenters. The van der Waals surface area contributed by atoms with E-state index in [1.165, 1.54) is 0 Å². The summed E-state index contributed by atoms with van der Waals surface area (Å²) in [6.07, 6.45) is 3.49. The van der Waals surface area contributed by atoms with E-state index in [-0.39, 0.29) is 5.76 Å². The molecule has 0 fully saturated rings. The molecule has 5 rings (SSSR count). The summed E-state index contributed by atoms with van der Waals surface area (Å²) in [4.78, 5) is 12.6. The van der Waals surface area contributed by atoms with Crippen LogP contribution in [-0.4, -0.2) is 21.9 Å². The molecule has 0 saturated carbocycles. The fourth-order valence-corrected chi connectivity index (χ4v) is 3.93. The van der Waals surface area contributed by atoms with E-state index in [1.807, 2.05) is 79.9 Å². The Morgan fingerprint density at radius 1 is 1.06 bits per heavy atom. The third-order valence-electron chi connectivity index (χ3n) is 5.13. The van der Waals surface area contributed by atoms with Crippen LogP contribution >= 0.6 is 15.9 Å². The van der Waals surface area contributed by atoms with Gasteiger partial charge in [0.05, 0.1) is 11.9 Å². The molecular formula is C26H19BrN4O2. The maximum atomic E-state index is 12.6. The molecule has 0 bridgehead atoms. The lowest BCUT2D eigenvalue weighted by atomic mass is 10.1. The second kappa shape index (κ2) is 8.88. The monoisotopic (exact) mass is 498 g/mol. The summed E-state index contributed by atoms with van der Waals surface area (Å²) in [6.45, 7) is 2.04. The summed E-state index contributed by atoms with van der Waals surface area (Å²) >= 11 is 3.42. The highest BCUT2D eigenvalue weighted by atomic mass is 79.9. The van der Waals surface area contributed by atoms with Crippen molar-refractivity contribution in [1.82, 2.24) is 15.2 Å². The van der Waals surface area contributed by atoms with E-state index in [0.717, 1.165) is 37.9 Å². The summed E-state index contributed by atoms with van der Waals surface area (Å²) in [5.74, 6) is -0.231. The highest BCUT2D eigenvalue weighted by Gasteiger charge is 2.14. The second-order valence-corrected chi connectivity index (χ2v) is 8.49. The zero-order chi connectivity index (χ0) is 22.8. The van der Waals surface area contributed by atoms with Gasteiger partial charge in [-0.3, -0.25) is 4.79 Å². The number of hydrazone groups is 1. The maximum absolute atomic E-state index is 12.6. The average Bonchev–Trinajstić information content (AvgIpc) is 3.44. The van der Waals surface area contributed by atoms with E-state index in [9.17, 15) is 4.79 Å². The average molecular weight is 499 g/mol. The number of benzene rings is 3. The van der Waals surface area contributed by atoms with E-state index in [1.54, 1.807) is 17.0 Å². The number of halogens is 1. The van der Waals surface area contributed by atoms with Crippen LogP contribution in [0.1, 0.15) is 21.7 Å². The van der Waals surface area contributed by atoms with E-state index in [4.69, 9.17) is 9.52 Å². The number of fused-ring (bicyclic) bond motifs is 1. The summed E-state index contributed by atoms with van der Waals surface area (Å²) in [7, 11) is 0. The number of nitrogens with zero attached hydrogens (tertiary/aromatic N) is 3. The number of aryl methyl sites for hydroxylation is 1. The molecular weight excluding hydrogens is 480 g/mol. The van der Waals surface area contributed by atoms with E-state index >= 15 is 0 Å². The fourth-order valence-electron chi connectivity index (χ4n) is 3.55. The van der Waals surface area contributed by atoms with E-state index in [2.05, 4.69) is 32.5 Å². The minimum atomic E-state index is -0.425. The molecule has 2 aromatic heterocycles. The molecule has 33 heavy (non-hydrogen) atoms. The van der Waals surface area contributed by atoms with Gasteiger partial charge < -0.3 is 4.42 Å². The Balaban J connectivity index is 1.43. The van der Waals surface area contributed by atoms with Crippen LogP contribution in [0.5, 0.6) is 0 Å². The molecule has 1 amide bonds. The molecule has 7 heteroatoms. The number of aromatic nitrogens is 2. The lowest BCUT2D eigenvalue weighted by molar-refractivity contribution is 0.0929. The Morgan fingerprint density at radius 2 is 1.91 bits per heavy atom. The van der Waals surface area contributed by atoms with Gasteiger partial charge in [-0.1, -0.05) is 57.9 Å². The number of hydrogen-bond donors (Lipinski definition) is 1. The SMILES string of the molecule is Cc1cccc(-c2nn(-c3ccccc3)cc2/C=N/NC(=O)c2cc3cc(Br)ccc3o2)c1. The Kier molecular flexibility index (Phi) is 5.62. The number of para-hydroxylation sites is 1.